The van der Waals surface area contributed by atoms with Gasteiger partial charge in [-0.3, -0.25) is 0 Å². The molecule has 0 atom stereocenters. The van der Waals surface area contributed by atoms with E-state index in [1.807, 2.05) is 19.1 Å². The zero-order chi connectivity index (χ0) is 12.3. The lowest BCUT2D eigenvalue weighted by molar-refractivity contribution is 0.296. The maximum absolute atomic E-state index is 5.85. The molecular formula is C12H13Cl2N3O. The summed E-state index contributed by atoms with van der Waals surface area (Å²) in [6.45, 7) is 2.13. The van der Waals surface area contributed by atoms with Gasteiger partial charge in [0.15, 0.2) is 5.82 Å². The first kappa shape index (κ1) is 14.5. The van der Waals surface area contributed by atoms with Crippen molar-refractivity contribution in [3.8, 4) is 5.75 Å². The van der Waals surface area contributed by atoms with Crippen molar-refractivity contribution in [3.63, 3.8) is 0 Å². The summed E-state index contributed by atoms with van der Waals surface area (Å²) in [6, 6.07) is 8.88. The Morgan fingerprint density at radius 1 is 1.28 bits per heavy atom. The summed E-state index contributed by atoms with van der Waals surface area (Å²) in [4.78, 5) is 8.30. The number of rotatable bonds is 3. The summed E-state index contributed by atoms with van der Waals surface area (Å²) in [5.41, 5.74) is 6.45. The highest BCUT2D eigenvalue weighted by atomic mass is 35.5. The second-order valence-electron chi connectivity index (χ2n) is 3.60. The van der Waals surface area contributed by atoms with Gasteiger partial charge in [0.1, 0.15) is 18.2 Å². The molecule has 0 unspecified atom stereocenters. The molecule has 2 N–H and O–H groups in total. The normalized spacial score (nSPS) is 9.67. The third kappa shape index (κ3) is 4.05. The van der Waals surface area contributed by atoms with Gasteiger partial charge >= 0.3 is 0 Å². The minimum atomic E-state index is 0. The molecule has 0 fully saturated rings. The summed E-state index contributed by atoms with van der Waals surface area (Å²) in [5, 5.41) is 0.632. The second-order valence-corrected chi connectivity index (χ2v) is 4.03. The van der Waals surface area contributed by atoms with Crippen LogP contribution in [-0.4, -0.2) is 9.97 Å². The summed E-state index contributed by atoms with van der Waals surface area (Å²) in [5.74, 6) is 1.69. The number of halogens is 2. The highest BCUT2D eigenvalue weighted by molar-refractivity contribution is 6.30. The molecule has 18 heavy (non-hydrogen) atoms. The number of aromatic nitrogens is 2. The van der Waals surface area contributed by atoms with Crippen LogP contribution >= 0.6 is 24.0 Å². The molecule has 1 aromatic heterocycles. The summed E-state index contributed by atoms with van der Waals surface area (Å²) in [7, 11) is 0. The van der Waals surface area contributed by atoms with E-state index >= 15 is 0 Å². The topological polar surface area (TPSA) is 61.0 Å². The molecule has 1 heterocycles. The van der Waals surface area contributed by atoms with Crippen molar-refractivity contribution in [1.29, 1.82) is 0 Å². The van der Waals surface area contributed by atoms with E-state index < -0.39 is 0 Å². The van der Waals surface area contributed by atoms with Crippen molar-refractivity contribution in [2.45, 2.75) is 13.5 Å². The molecule has 96 valence electrons. The highest BCUT2D eigenvalue weighted by Gasteiger charge is 2.01. The van der Waals surface area contributed by atoms with E-state index in [0.717, 1.165) is 5.69 Å². The molecule has 0 radical (unpaired) electrons. The van der Waals surface area contributed by atoms with Gasteiger partial charge < -0.3 is 10.5 Å². The minimum absolute atomic E-state index is 0. The molecule has 0 aliphatic heterocycles. The summed E-state index contributed by atoms with van der Waals surface area (Å²) < 4.78 is 5.52. The lowest BCUT2D eigenvalue weighted by atomic mass is 10.3. The van der Waals surface area contributed by atoms with Gasteiger partial charge in [0, 0.05) is 16.8 Å². The Hall–Kier alpha value is -1.52. The van der Waals surface area contributed by atoms with Gasteiger partial charge in [0.25, 0.3) is 0 Å². The first-order valence-corrected chi connectivity index (χ1v) is 5.50. The number of nitrogen functional groups attached to an aromatic ring is 1. The molecular weight excluding hydrogens is 273 g/mol. The highest BCUT2D eigenvalue weighted by Crippen LogP contribution is 2.18. The van der Waals surface area contributed by atoms with Crippen LogP contribution in [0.3, 0.4) is 0 Å². The van der Waals surface area contributed by atoms with Gasteiger partial charge in [0.05, 0.1) is 0 Å². The van der Waals surface area contributed by atoms with E-state index in [0.29, 0.717) is 22.4 Å². The SMILES string of the molecule is Cc1cc(N)nc(COc2cccc(Cl)c2)n1.Cl. The lowest BCUT2D eigenvalue weighted by Gasteiger charge is -2.06. The standard InChI is InChI=1S/C12H12ClN3O.ClH/c1-8-5-11(14)16-12(15-8)7-17-10-4-2-3-9(13)6-10;/h2-6H,7H2,1H3,(H2,14,15,16);1H. The Bertz CT molecular complexity index is 514. The van der Waals surface area contributed by atoms with Crippen LogP contribution in [0.4, 0.5) is 5.82 Å². The average molecular weight is 286 g/mol. The summed E-state index contributed by atoms with van der Waals surface area (Å²) in [6.07, 6.45) is 0. The van der Waals surface area contributed by atoms with Crippen LogP contribution in [0.25, 0.3) is 0 Å². The first-order valence-electron chi connectivity index (χ1n) is 5.12. The summed E-state index contributed by atoms with van der Waals surface area (Å²) >= 11 is 5.85. The van der Waals surface area contributed by atoms with Crippen LogP contribution in [0, 0.1) is 6.92 Å². The quantitative estimate of drug-likeness (QED) is 0.942. The Morgan fingerprint density at radius 2 is 2.06 bits per heavy atom. The number of ether oxygens (including phenoxy) is 1. The number of aryl methyl sites for hydroxylation is 1. The molecule has 0 amide bonds. The Kier molecular flexibility index (Phi) is 5.19. The van der Waals surface area contributed by atoms with Gasteiger partial charge in [-0.15, -0.1) is 12.4 Å². The number of hydrogen-bond donors (Lipinski definition) is 1. The fourth-order valence-electron chi connectivity index (χ4n) is 1.43. The van der Waals surface area contributed by atoms with Crippen LogP contribution in [0.15, 0.2) is 30.3 Å². The van der Waals surface area contributed by atoms with E-state index in [9.17, 15) is 0 Å². The van der Waals surface area contributed by atoms with Crippen molar-refractivity contribution < 1.29 is 4.74 Å². The molecule has 0 aliphatic carbocycles. The molecule has 0 spiro atoms. The fourth-order valence-corrected chi connectivity index (χ4v) is 1.61. The van der Waals surface area contributed by atoms with Crippen molar-refractivity contribution in [1.82, 2.24) is 9.97 Å². The van der Waals surface area contributed by atoms with Gasteiger partial charge in [-0.2, -0.15) is 0 Å². The largest absolute Gasteiger partial charge is 0.486 e. The van der Waals surface area contributed by atoms with Gasteiger partial charge in [0.2, 0.25) is 0 Å². The third-order valence-electron chi connectivity index (χ3n) is 2.08. The number of anilines is 1. The Labute approximate surface area is 117 Å². The van der Waals surface area contributed by atoms with Crippen LogP contribution in [0.1, 0.15) is 11.5 Å². The first-order chi connectivity index (χ1) is 8.13. The Balaban J connectivity index is 0.00000162. The van der Waals surface area contributed by atoms with Crippen LogP contribution in [-0.2, 0) is 6.61 Å². The molecule has 6 heteroatoms. The Morgan fingerprint density at radius 3 is 2.72 bits per heavy atom. The monoisotopic (exact) mass is 285 g/mol. The maximum atomic E-state index is 5.85. The molecule has 0 bridgehead atoms. The zero-order valence-electron chi connectivity index (χ0n) is 9.76. The average Bonchev–Trinajstić information content (AvgIpc) is 2.25. The number of hydrogen-bond acceptors (Lipinski definition) is 4. The number of nitrogens with two attached hydrogens (primary N) is 1. The van der Waals surface area contributed by atoms with E-state index in [4.69, 9.17) is 22.1 Å². The van der Waals surface area contributed by atoms with E-state index in [1.54, 1.807) is 18.2 Å². The number of benzene rings is 1. The molecule has 0 saturated carbocycles. The predicted octanol–water partition coefficient (Wildman–Crippen LogP) is 3.02. The van der Waals surface area contributed by atoms with E-state index in [2.05, 4.69) is 9.97 Å². The smallest absolute Gasteiger partial charge is 0.168 e. The molecule has 2 aromatic rings. The van der Waals surface area contributed by atoms with Crippen molar-refractivity contribution >= 4 is 29.8 Å². The fraction of sp³-hybridized carbons (Fsp3) is 0.167. The zero-order valence-corrected chi connectivity index (χ0v) is 11.3. The second kappa shape index (κ2) is 6.42. The minimum Gasteiger partial charge on any atom is -0.486 e. The van der Waals surface area contributed by atoms with E-state index in [1.165, 1.54) is 0 Å². The van der Waals surface area contributed by atoms with Crippen LogP contribution in [0.5, 0.6) is 5.75 Å². The predicted molar refractivity (Wildman–Crippen MR) is 74.2 cm³/mol. The van der Waals surface area contributed by atoms with Gasteiger partial charge in [-0.1, -0.05) is 17.7 Å². The molecule has 0 saturated heterocycles. The van der Waals surface area contributed by atoms with Crippen molar-refractivity contribution in [3.05, 3.63) is 46.9 Å². The molecule has 1 aromatic carbocycles. The lowest BCUT2D eigenvalue weighted by Crippen LogP contribution is -2.05. The molecule has 0 aliphatic rings. The number of nitrogens with zero attached hydrogens (tertiary/aromatic N) is 2. The third-order valence-corrected chi connectivity index (χ3v) is 2.32. The molecule has 4 nitrogen and oxygen atoms in total. The van der Waals surface area contributed by atoms with Crippen molar-refractivity contribution in [2.24, 2.45) is 0 Å². The van der Waals surface area contributed by atoms with E-state index in [-0.39, 0.29) is 19.0 Å². The van der Waals surface area contributed by atoms with Crippen molar-refractivity contribution in [2.75, 3.05) is 5.73 Å². The molecule has 2 rings (SSSR count). The van der Waals surface area contributed by atoms with Gasteiger partial charge in [-0.25, -0.2) is 9.97 Å². The maximum Gasteiger partial charge on any atom is 0.168 e. The van der Waals surface area contributed by atoms with Crippen LogP contribution in [0.2, 0.25) is 5.02 Å². The van der Waals surface area contributed by atoms with Gasteiger partial charge in [-0.05, 0) is 25.1 Å². The van der Waals surface area contributed by atoms with Crippen LogP contribution < -0.4 is 10.5 Å².